The van der Waals surface area contributed by atoms with E-state index in [9.17, 15) is 33.0 Å². The molecule has 0 unspecified atom stereocenters. The number of carbonyl (C=O) groups is 3. The molecule has 0 aliphatic heterocycles. The average Bonchev–Trinajstić information content (AvgIpc) is 2.67. The molecule has 0 spiro atoms. The van der Waals surface area contributed by atoms with Crippen LogP contribution >= 0.6 is 0 Å². The predicted octanol–water partition coefficient (Wildman–Crippen LogP) is 1.68. The van der Waals surface area contributed by atoms with E-state index in [1.807, 2.05) is 13.8 Å². The van der Waals surface area contributed by atoms with Gasteiger partial charge in [0.05, 0.1) is 25.6 Å². The van der Waals surface area contributed by atoms with E-state index in [0.29, 0.717) is 0 Å². The first-order chi connectivity index (χ1) is 14.6. The number of nitrogens with one attached hydrogen (secondary N) is 1. The summed E-state index contributed by atoms with van der Waals surface area (Å²) in [5.41, 5.74) is -3.71. The van der Waals surface area contributed by atoms with E-state index in [0.717, 1.165) is 0 Å². The minimum absolute atomic E-state index is 0.00770. The predicted molar refractivity (Wildman–Crippen MR) is 115 cm³/mol. The molecule has 0 aliphatic rings. The van der Waals surface area contributed by atoms with E-state index in [1.165, 1.54) is 20.8 Å². The van der Waals surface area contributed by atoms with Crippen LogP contribution in [0.2, 0.25) is 0 Å². The molecular formula is C20H37NO10S. The third-order valence-electron chi connectivity index (χ3n) is 4.71. The number of aliphatic hydroxyl groups is 1. The molecule has 11 nitrogen and oxygen atoms in total. The quantitative estimate of drug-likeness (QED) is 0.167. The maximum atomic E-state index is 12.1. The van der Waals surface area contributed by atoms with Crippen LogP contribution in [0.5, 0.6) is 0 Å². The van der Waals surface area contributed by atoms with Gasteiger partial charge in [0.25, 0.3) is 10.1 Å². The van der Waals surface area contributed by atoms with Gasteiger partial charge in [-0.1, -0.05) is 27.7 Å². The molecule has 0 aromatic rings. The van der Waals surface area contributed by atoms with Crippen molar-refractivity contribution in [3.8, 4) is 0 Å². The molecule has 1 amide bonds. The molecule has 0 aromatic carbocycles. The summed E-state index contributed by atoms with van der Waals surface area (Å²) in [6.07, 6.45) is -0.404. The topological polar surface area (TPSA) is 166 Å². The van der Waals surface area contributed by atoms with E-state index in [-0.39, 0.29) is 63.0 Å². The Morgan fingerprint density at radius 2 is 1.69 bits per heavy atom. The highest BCUT2D eigenvalue weighted by molar-refractivity contribution is 7.86. The number of amides is 1. The van der Waals surface area contributed by atoms with Crippen molar-refractivity contribution in [2.75, 3.05) is 32.1 Å². The van der Waals surface area contributed by atoms with E-state index in [4.69, 9.17) is 13.7 Å². The van der Waals surface area contributed by atoms with Crippen LogP contribution in [0.1, 0.15) is 60.3 Å². The molecule has 0 heterocycles. The molecule has 3 N–H and O–H groups in total. The van der Waals surface area contributed by atoms with Gasteiger partial charge in [0.15, 0.2) is 5.60 Å². The number of ether oxygens (including phenoxy) is 2. The molecule has 1 atom stereocenters. The Morgan fingerprint density at radius 1 is 1.06 bits per heavy atom. The van der Waals surface area contributed by atoms with E-state index in [2.05, 4.69) is 5.32 Å². The molecule has 0 aromatic heterocycles. The second-order valence-corrected chi connectivity index (χ2v) is 10.4. The highest BCUT2D eigenvalue weighted by Crippen LogP contribution is 2.36. The number of aliphatic carboxylic acids is 1. The molecule has 0 saturated carbocycles. The number of rotatable bonds is 16. The lowest BCUT2D eigenvalue weighted by molar-refractivity contribution is -0.177. The summed E-state index contributed by atoms with van der Waals surface area (Å²) < 4.78 is 38.8. The molecule has 12 heteroatoms. The largest absolute Gasteiger partial charge is 0.508 e. The van der Waals surface area contributed by atoms with Crippen LogP contribution in [-0.2, 0) is 33.4 Å². The van der Waals surface area contributed by atoms with Crippen molar-refractivity contribution in [1.82, 2.24) is 5.32 Å². The Hall–Kier alpha value is -1.92. The third-order valence-corrected chi connectivity index (χ3v) is 5.97. The van der Waals surface area contributed by atoms with Crippen molar-refractivity contribution in [3.05, 3.63) is 0 Å². The molecule has 0 fully saturated rings. The molecule has 32 heavy (non-hydrogen) atoms. The zero-order valence-electron chi connectivity index (χ0n) is 19.5. The second kappa shape index (κ2) is 13.6. The number of hydrogen-bond acceptors (Lipinski definition) is 9. The Labute approximate surface area is 189 Å². The van der Waals surface area contributed by atoms with Crippen LogP contribution < -0.4 is 5.32 Å². The number of carboxylic acids is 1. The smallest absolute Gasteiger partial charge is 0.479 e. The molecule has 0 bridgehead atoms. The molecular weight excluding hydrogens is 446 g/mol. The third kappa shape index (κ3) is 11.6. The van der Waals surface area contributed by atoms with Gasteiger partial charge in [0.2, 0.25) is 5.91 Å². The van der Waals surface area contributed by atoms with Gasteiger partial charge in [-0.15, -0.1) is 0 Å². The van der Waals surface area contributed by atoms with E-state index in [1.54, 1.807) is 0 Å². The summed E-state index contributed by atoms with van der Waals surface area (Å²) in [5.74, 6) is -1.99. The van der Waals surface area contributed by atoms with Crippen LogP contribution in [0.3, 0.4) is 0 Å². The van der Waals surface area contributed by atoms with Gasteiger partial charge in [0, 0.05) is 18.9 Å². The minimum Gasteiger partial charge on any atom is -0.479 e. The van der Waals surface area contributed by atoms with Crippen molar-refractivity contribution in [2.45, 2.75) is 65.9 Å². The standard InChI is InChI=1S/C20H37NO10S/c1-15(2)13-30-18(25)29-11-7-6-9-20(26,17(23)24)19(4,5)14-31-32(27,28)12-8-10-21-16(3)22/h15,26H,6-14H2,1-5H3,(H,21,22)(H,23,24)/t20-/m0/s1. The van der Waals surface area contributed by atoms with Crippen LogP contribution in [0.4, 0.5) is 4.79 Å². The molecule has 0 saturated heterocycles. The molecule has 0 radical (unpaired) electrons. The summed E-state index contributed by atoms with van der Waals surface area (Å²) in [6.45, 7) is 7.69. The second-order valence-electron chi connectivity index (χ2n) is 8.67. The van der Waals surface area contributed by atoms with Crippen molar-refractivity contribution in [3.63, 3.8) is 0 Å². The first kappa shape index (κ1) is 30.1. The van der Waals surface area contributed by atoms with Crippen molar-refractivity contribution >= 4 is 28.1 Å². The van der Waals surface area contributed by atoms with Gasteiger partial charge in [-0.25, -0.2) is 9.59 Å². The number of hydrogen-bond donors (Lipinski definition) is 3. The molecule has 0 rings (SSSR count). The van der Waals surface area contributed by atoms with Crippen molar-refractivity contribution in [1.29, 1.82) is 0 Å². The maximum Gasteiger partial charge on any atom is 0.508 e. The van der Waals surface area contributed by atoms with Crippen LogP contribution in [0.15, 0.2) is 0 Å². The van der Waals surface area contributed by atoms with Crippen molar-refractivity contribution in [2.24, 2.45) is 11.3 Å². The average molecular weight is 484 g/mol. The Bertz CT molecular complexity index is 720. The Balaban J connectivity index is 4.67. The van der Waals surface area contributed by atoms with Gasteiger partial charge in [-0.2, -0.15) is 8.42 Å². The number of carbonyl (C=O) groups excluding carboxylic acids is 2. The molecule has 0 aliphatic carbocycles. The first-order valence-corrected chi connectivity index (χ1v) is 12.1. The van der Waals surface area contributed by atoms with Gasteiger partial charge in [-0.05, 0) is 31.6 Å². The van der Waals surface area contributed by atoms with Gasteiger partial charge >= 0.3 is 12.1 Å². The normalized spacial score (nSPS) is 14.0. The highest BCUT2D eigenvalue weighted by atomic mass is 32.2. The van der Waals surface area contributed by atoms with E-state index < -0.39 is 39.9 Å². The zero-order chi connectivity index (χ0) is 25.0. The summed E-state index contributed by atoms with van der Waals surface area (Å²) in [5, 5.41) is 22.8. The minimum atomic E-state index is -3.98. The van der Waals surface area contributed by atoms with Gasteiger partial charge in [0.1, 0.15) is 0 Å². The molecule has 188 valence electrons. The number of unbranched alkanes of at least 4 members (excludes halogenated alkanes) is 1. The monoisotopic (exact) mass is 483 g/mol. The first-order valence-electron chi connectivity index (χ1n) is 10.5. The van der Waals surface area contributed by atoms with Crippen molar-refractivity contribution < 1.29 is 46.7 Å². The summed E-state index contributed by atoms with van der Waals surface area (Å²) in [7, 11) is -3.98. The summed E-state index contributed by atoms with van der Waals surface area (Å²) in [6, 6.07) is 0. The van der Waals surface area contributed by atoms with Crippen LogP contribution in [0.25, 0.3) is 0 Å². The van der Waals surface area contributed by atoms with Crippen LogP contribution in [0, 0.1) is 11.3 Å². The maximum absolute atomic E-state index is 12.1. The summed E-state index contributed by atoms with van der Waals surface area (Å²) >= 11 is 0. The van der Waals surface area contributed by atoms with Gasteiger partial charge < -0.3 is 25.0 Å². The highest BCUT2D eigenvalue weighted by Gasteiger charge is 2.50. The Morgan fingerprint density at radius 3 is 2.22 bits per heavy atom. The lowest BCUT2D eigenvalue weighted by Crippen LogP contribution is -2.53. The zero-order valence-corrected chi connectivity index (χ0v) is 20.3. The Kier molecular flexibility index (Phi) is 12.8. The van der Waals surface area contributed by atoms with E-state index >= 15 is 0 Å². The van der Waals surface area contributed by atoms with Crippen LogP contribution in [-0.4, -0.2) is 74.4 Å². The number of carboxylic acid groups (broad SMARTS) is 1. The fourth-order valence-corrected chi connectivity index (χ4v) is 3.67. The lowest BCUT2D eigenvalue weighted by Gasteiger charge is -2.38. The summed E-state index contributed by atoms with van der Waals surface area (Å²) in [4.78, 5) is 34.0. The van der Waals surface area contributed by atoms with Gasteiger partial charge in [-0.3, -0.25) is 8.98 Å². The fraction of sp³-hybridized carbons (Fsp3) is 0.850. The fourth-order valence-electron chi connectivity index (χ4n) is 2.58. The lowest BCUT2D eigenvalue weighted by atomic mass is 9.72. The SMILES string of the molecule is CC(=O)NCCCS(=O)(=O)OCC(C)(C)[C@](O)(CCCCOC(=O)OCC(C)C)C(=O)O.